The van der Waals surface area contributed by atoms with Gasteiger partial charge in [-0.2, -0.15) is 0 Å². The summed E-state index contributed by atoms with van der Waals surface area (Å²) >= 11 is 0. The molecular weight excluding hydrogens is 608 g/mol. The van der Waals surface area contributed by atoms with Gasteiger partial charge in [0.05, 0.1) is 10.9 Å². The minimum atomic E-state index is -1.46. The number of fused-ring (bicyclic) bond motifs is 2. The van der Waals surface area contributed by atoms with Crippen LogP contribution in [0.4, 0.5) is 0 Å². The third-order valence-electron chi connectivity index (χ3n) is 7.21. The van der Waals surface area contributed by atoms with Crippen molar-refractivity contribution >= 4 is 34.8 Å². The van der Waals surface area contributed by atoms with Crippen molar-refractivity contribution in [2.24, 2.45) is 0 Å². The Labute approximate surface area is 262 Å². The van der Waals surface area contributed by atoms with E-state index in [-0.39, 0.29) is 28.9 Å². The van der Waals surface area contributed by atoms with Crippen LogP contribution in [-0.4, -0.2) is 68.0 Å². The second kappa shape index (κ2) is 13.5. The highest BCUT2D eigenvalue weighted by Crippen LogP contribution is 2.37. The molecule has 0 spiro atoms. The normalized spacial score (nSPS) is 21.7. The lowest BCUT2D eigenvalue weighted by atomic mass is 9.98. The van der Waals surface area contributed by atoms with E-state index in [1.165, 1.54) is 19.3 Å². The fraction of sp³-hybridized carbons (Fsp3) is 0.406. The standard InChI is InChI=1S/C32H32O14/c1-6-19-9-21-25(39-12-22(28(21)37)20-7-8-23-26(10-20)41-14-40-23)11-24(19)45-32-31(44-18(5)36)30(43-17(4)35)29(42-16(3)34)27(46-32)13-38-15(2)33/h7-12,27,29-32H,6,13-14H2,1-5H3. The van der Waals surface area contributed by atoms with Gasteiger partial charge < -0.3 is 42.3 Å². The average Bonchev–Trinajstić information content (AvgIpc) is 3.46. The van der Waals surface area contributed by atoms with Gasteiger partial charge in [0.25, 0.3) is 0 Å². The Kier molecular flexibility index (Phi) is 9.46. The maximum atomic E-state index is 13.6. The predicted octanol–water partition coefficient (Wildman–Crippen LogP) is 3.21. The Hall–Kier alpha value is -5.11. The van der Waals surface area contributed by atoms with Gasteiger partial charge in [-0.1, -0.05) is 13.0 Å². The molecule has 0 bridgehead atoms. The highest BCUT2D eigenvalue weighted by Gasteiger charge is 2.53. The molecule has 5 unspecified atom stereocenters. The fourth-order valence-electron chi connectivity index (χ4n) is 5.26. The molecule has 2 aromatic carbocycles. The van der Waals surface area contributed by atoms with Crippen molar-refractivity contribution in [2.45, 2.75) is 71.7 Å². The Morgan fingerprint density at radius 3 is 2.17 bits per heavy atom. The van der Waals surface area contributed by atoms with Crippen LogP contribution in [0.3, 0.4) is 0 Å². The lowest BCUT2D eigenvalue weighted by Crippen LogP contribution is -2.63. The molecule has 0 saturated carbocycles. The molecule has 3 aromatic rings. The minimum Gasteiger partial charge on any atom is -0.463 e. The van der Waals surface area contributed by atoms with E-state index < -0.39 is 61.2 Å². The number of carbonyl (C=O) groups excluding carboxylic acids is 4. The zero-order valence-corrected chi connectivity index (χ0v) is 25.7. The Bertz CT molecular complexity index is 1730. The van der Waals surface area contributed by atoms with Crippen LogP contribution < -0.4 is 19.6 Å². The molecular formula is C32H32O14. The molecule has 1 fully saturated rings. The van der Waals surface area contributed by atoms with Crippen LogP contribution in [0.1, 0.15) is 40.2 Å². The average molecular weight is 641 g/mol. The van der Waals surface area contributed by atoms with Crippen molar-refractivity contribution in [1.29, 1.82) is 0 Å². The number of hydrogen-bond acceptors (Lipinski definition) is 14. The van der Waals surface area contributed by atoms with E-state index in [9.17, 15) is 24.0 Å². The zero-order chi connectivity index (χ0) is 33.1. The van der Waals surface area contributed by atoms with E-state index >= 15 is 0 Å². The molecule has 14 nitrogen and oxygen atoms in total. The van der Waals surface area contributed by atoms with Gasteiger partial charge in [0.2, 0.25) is 24.6 Å². The molecule has 1 aromatic heterocycles. The van der Waals surface area contributed by atoms with Crippen LogP contribution in [0.2, 0.25) is 0 Å². The molecule has 3 heterocycles. The van der Waals surface area contributed by atoms with Gasteiger partial charge in [-0.15, -0.1) is 0 Å². The second-order valence-electron chi connectivity index (χ2n) is 10.5. The molecule has 2 aliphatic rings. The molecule has 0 radical (unpaired) electrons. The van der Waals surface area contributed by atoms with Gasteiger partial charge in [-0.05, 0) is 35.7 Å². The van der Waals surface area contributed by atoms with Crippen LogP contribution in [0.25, 0.3) is 22.1 Å². The van der Waals surface area contributed by atoms with Crippen LogP contribution in [0.5, 0.6) is 17.2 Å². The summed E-state index contributed by atoms with van der Waals surface area (Å²) in [6.07, 6.45) is -5.10. The smallest absolute Gasteiger partial charge is 0.303 e. The van der Waals surface area contributed by atoms with E-state index in [1.54, 1.807) is 24.3 Å². The number of carbonyl (C=O) groups is 4. The summed E-state index contributed by atoms with van der Waals surface area (Å²) in [6, 6.07) is 8.26. The van der Waals surface area contributed by atoms with Crippen molar-refractivity contribution in [3.05, 3.63) is 52.4 Å². The van der Waals surface area contributed by atoms with Crippen LogP contribution in [0, 0.1) is 0 Å². The summed E-state index contributed by atoms with van der Waals surface area (Å²) in [5.41, 5.74) is 1.34. The first kappa shape index (κ1) is 32.3. The largest absolute Gasteiger partial charge is 0.463 e. The molecule has 0 aliphatic carbocycles. The summed E-state index contributed by atoms with van der Waals surface area (Å²) in [5.74, 6) is -1.65. The number of benzene rings is 2. The molecule has 5 rings (SSSR count). The lowest BCUT2D eigenvalue weighted by Gasteiger charge is -2.44. The van der Waals surface area contributed by atoms with Gasteiger partial charge in [0.1, 0.15) is 30.3 Å². The van der Waals surface area contributed by atoms with Gasteiger partial charge in [-0.3, -0.25) is 24.0 Å². The van der Waals surface area contributed by atoms with Crippen molar-refractivity contribution in [1.82, 2.24) is 0 Å². The highest BCUT2D eigenvalue weighted by atomic mass is 16.7. The summed E-state index contributed by atoms with van der Waals surface area (Å²) in [4.78, 5) is 61.6. The van der Waals surface area contributed by atoms with Gasteiger partial charge in [0, 0.05) is 33.8 Å². The summed E-state index contributed by atoms with van der Waals surface area (Å²) in [5, 5.41) is 0.279. The SMILES string of the molecule is CCc1cc2c(=O)c(-c3ccc4c(c3)OCO4)coc2cc1OC1OC(COC(C)=O)C(OC(C)=O)C(OC(C)=O)C1OC(C)=O. The minimum absolute atomic E-state index is 0.0906. The van der Waals surface area contributed by atoms with E-state index in [1.807, 2.05) is 6.92 Å². The second-order valence-corrected chi connectivity index (χ2v) is 10.5. The zero-order valence-electron chi connectivity index (χ0n) is 25.7. The van der Waals surface area contributed by atoms with Gasteiger partial charge >= 0.3 is 23.9 Å². The summed E-state index contributed by atoms with van der Waals surface area (Å²) in [6.45, 7) is 6.09. The maximum absolute atomic E-state index is 13.6. The molecule has 0 N–H and O–H groups in total. The Morgan fingerprint density at radius 2 is 1.50 bits per heavy atom. The molecule has 14 heteroatoms. The maximum Gasteiger partial charge on any atom is 0.303 e. The van der Waals surface area contributed by atoms with E-state index in [4.69, 9.17) is 42.3 Å². The van der Waals surface area contributed by atoms with E-state index in [0.29, 0.717) is 34.6 Å². The number of esters is 4. The van der Waals surface area contributed by atoms with Crippen LogP contribution >= 0.6 is 0 Å². The van der Waals surface area contributed by atoms with E-state index in [0.717, 1.165) is 20.8 Å². The highest BCUT2D eigenvalue weighted by molar-refractivity contribution is 5.84. The van der Waals surface area contributed by atoms with Crippen molar-refractivity contribution in [2.75, 3.05) is 13.4 Å². The molecule has 2 aliphatic heterocycles. The first-order valence-electron chi connectivity index (χ1n) is 14.4. The first-order chi connectivity index (χ1) is 21.9. The van der Waals surface area contributed by atoms with Crippen molar-refractivity contribution < 1.29 is 61.5 Å². The number of ether oxygens (including phenoxy) is 8. The van der Waals surface area contributed by atoms with Crippen LogP contribution in [-0.2, 0) is 49.3 Å². The molecule has 46 heavy (non-hydrogen) atoms. The number of aryl methyl sites for hydroxylation is 1. The molecule has 244 valence electrons. The Morgan fingerprint density at radius 1 is 0.826 bits per heavy atom. The van der Waals surface area contributed by atoms with E-state index in [2.05, 4.69) is 0 Å². The third kappa shape index (κ3) is 6.91. The van der Waals surface area contributed by atoms with Crippen molar-refractivity contribution in [3.8, 4) is 28.4 Å². The topological polar surface area (TPSA) is 172 Å². The Balaban J connectivity index is 1.54. The van der Waals surface area contributed by atoms with Crippen LogP contribution in [0.15, 0.2) is 45.8 Å². The monoisotopic (exact) mass is 640 g/mol. The predicted molar refractivity (Wildman–Crippen MR) is 156 cm³/mol. The third-order valence-corrected chi connectivity index (χ3v) is 7.21. The number of rotatable bonds is 9. The quantitative estimate of drug-likeness (QED) is 0.246. The summed E-state index contributed by atoms with van der Waals surface area (Å²) in [7, 11) is 0. The lowest BCUT2D eigenvalue weighted by molar-refractivity contribution is -0.288. The first-order valence-corrected chi connectivity index (χ1v) is 14.4. The number of hydrogen-bond donors (Lipinski definition) is 0. The summed E-state index contributed by atoms with van der Waals surface area (Å²) < 4.78 is 50.5. The fourth-order valence-corrected chi connectivity index (χ4v) is 5.26. The molecule has 1 saturated heterocycles. The van der Waals surface area contributed by atoms with Crippen molar-refractivity contribution in [3.63, 3.8) is 0 Å². The molecule has 0 amide bonds. The van der Waals surface area contributed by atoms with Gasteiger partial charge in [-0.25, -0.2) is 0 Å². The molecule has 5 atom stereocenters. The van der Waals surface area contributed by atoms with Gasteiger partial charge in [0.15, 0.2) is 23.7 Å².